The van der Waals surface area contributed by atoms with E-state index in [0.717, 1.165) is 38.1 Å². The first kappa shape index (κ1) is 16.2. The molecule has 2 aromatic heterocycles. The molecular weight excluding hydrogens is 302 g/mol. The number of aromatic nitrogens is 4. The Morgan fingerprint density at radius 1 is 1.14 bits per heavy atom. The maximum Gasteiger partial charge on any atom is 0.180 e. The van der Waals surface area contributed by atoms with Crippen LogP contribution < -0.4 is 5.32 Å². The fourth-order valence-corrected chi connectivity index (χ4v) is 3.48. The highest BCUT2D eigenvalue weighted by Crippen LogP contribution is 2.34. The summed E-state index contributed by atoms with van der Waals surface area (Å²) in [7, 11) is 0. The van der Waals surface area contributed by atoms with E-state index in [2.05, 4.69) is 48.2 Å². The Bertz CT molecular complexity index is 631. The van der Waals surface area contributed by atoms with Crippen molar-refractivity contribution in [3.05, 3.63) is 16.4 Å². The molecule has 2 heterocycles. The molecule has 2 aromatic rings. The van der Waals surface area contributed by atoms with Crippen LogP contribution in [0.3, 0.4) is 0 Å². The zero-order chi connectivity index (χ0) is 15.6. The summed E-state index contributed by atoms with van der Waals surface area (Å²) in [5, 5.41) is 13.5. The van der Waals surface area contributed by atoms with Crippen LogP contribution in [-0.2, 0) is 5.41 Å². The van der Waals surface area contributed by atoms with E-state index in [0.29, 0.717) is 0 Å². The molecule has 0 aliphatic carbocycles. The number of hydrogen-bond acceptors (Lipinski definition) is 7. The van der Waals surface area contributed by atoms with Crippen molar-refractivity contribution in [2.45, 2.75) is 56.3 Å². The molecule has 21 heavy (non-hydrogen) atoms. The Morgan fingerprint density at radius 3 is 2.38 bits per heavy atom. The molecule has 0 atom stereocenters. The van der Waals surface area contributed by atoms with Crippen molar-refractivity contribution < 1.29 is 0 Å². The topological polar surface area (TPSA) is 63.6 Å². The standard InChI is InChI=1S/C14H21N5S2/c1-7-15-10-8(2)11(17-12(16-10)14(4,5)6)21-13-19-18-9(3)20-13/h7H2,1-6H3,(H,15,16,17). The highest BCUT2D eigenvalue weighted by atomic mass is 32.2. The summed E-state index contributed by atoms with van der Waals surface area (Å²) in [5.41, 5.74) is 0.965. The van der Waals surface area contributed by atoms with Gasteiger partial charge >= 0.3 is 0 Å². The minimum atomic E-state index is -0.0930. The molecule has 0 aromatic carbocycles. The van der Waals surface area contributed by atoms with Gasteiger partial charge in [-0.25, -0.2) is 9.97 Å². The van der Waals surface area contributed by atoms with Crippen molar-refractivity contribution >= 4 is 28.9 Å². The van der Waals surface area contributed by atoms with Gasteiger partial charge in [0.25, 0.3) is 0 Å². The van der Waals surface area contributed by atoms with Crippen molar-refractivity contribution in [2.24, 2.45) is 0 Å². The third kappa shape index (κ3) is 3.91. The average Bonchev–Trinajstić information content (AvgIpc) is 2.78. The lowest BCUT2D eigenvalue weighted by atomic mass is 9.95. The maximum atomic E-state index is 4.74. The smallest absolute Gasteiger partial charge is 0.180 e. The molecule has 0 saturated heterocycles. The first-order chi connectivity index (χ1) is 9.81. The number of hydrogen-bond donors (Lipinski definition) is 1. The quantitative estimate of drug-likeness (QED) is 0.863. The molecule has 5 nitrogen and oxygen atoms in total. The van der Waals surface area contributed by atoms with Crippen molar-refractivity contribution in [3.8, 4) is 0 Å². The number of nitrogens with one attached hydrogen (secondary N) is 1. The largest absolute Gasteiger partial charge is 0.370 e. The summed E-state index contributed by atoms with van der Waals surface area (Å²) in [6.45, 7) is 13.3. The van der Waals surface area contributed by atoms with Gasteiger partial charge in [0.15, 0.2) is 4.34 Å². The predicted octanol–water partition coefficient (Wildman–Crippen LogP) is 3.83. The molecule has 0 spiro atoms. The molecule has 0 amide bonds. The van der Waals surface area contributed by atoms with E-state index < -0.39 is 0 Å². The minimum absolute atomic E-state index is 0.0930. The van der Waals surface area contributed by atoms with Crippen LogP contribution >= 0.6 is 23.1 Å². The first-order valence-electron chi connectivity index (χ1n) is 6.92. The fraction of sp³-hybridized carbons (Fsp3) is 0.571. The molecule has 114 valence electrons. The van der Waals surface area contributed by atoms with E-state index in [1.807, 2.05) is 13.8 Å². The normalized spacial score (nSPS) is 11.7. The summed E-state index contributed by atoms with van der Waals surface area (Å²) in [6.07, 6.45) is 0. The summed E-state index contributed by atoms with van der Waals surface area (Å²) in [6, 6.07) is 0. The zero-order valence-corrected chi connectivity index (χ0v) is 14.9. The van der Waals surface area contributed by atoms with Crippen LogP contribution in [0, 0.1) is 13.8 Å². The van der Waals surface area contributed by atoms with E-state index in [1.165, 1.54) is 0 Å². The third-order valence-electron chi connectivity index (χ3n) is 2.81. The number of nitrogens with zero attached hydrogens (tertiary/aromatic N) is 4. The molecule has 7 heteroatoms. The lowest BCUT2D eigenvalue weighted by Gasteiger charge is -2.20. The Morgan fingerprint density at radius 2 is 1.86 bits per heavy atom. The van der Waals surface area contributed by atoms with Crippen LogP contribution in [0.4, 0.5) is 5.82 Å². The summed E-state index contributed by atoms with van der Waals surface area (Å²) in [4.78, 5) is 9.41. The number of anilines is 1. The highest BCUT2D eigenvalue weighted by molar-refractivity contribution is 8.01. The van der Waals surface area contributed by atoms with Gasteiger partial charge in [-0.3, -0.25) is 0 Å². The second kappa shape index (κ2) is 6.27. The number of rotatable bonds is 4. The monoisotopic (exact) mass is 323 g/mol. The van der Waals surface area contributed by atoms with Gasteiger partial charge in [0.05, 0.1) is 0 Å². The zero-order valence-electron chi connectivity index (χ0n) is 13.3. The van der Waals surface area contributed by atoms with Gasteiger partial charge in [0.1, 0.15) is 21.7 Å². The van der Waals surface area contributed by atoms with Crippen molar-refractivity contribution in [2.75, 3.05) is 11.9 Å². The summed E-state index contributed by atoms with van der Waals surface area (Å²) in [5.74, 6) is 1.74. The summed E-state index contributed by atoms with van der Waals surface area (Å²) < 4.78 is 0.914. The van der Waals surface area contributed by atoms with Gasteiger partial charge < -0.3 is 5.32 Å². The molecule has 0 bridgehead atoms. The van der Waals surface area contributed by atoms with E-state index >= 15 is 0 Å². The van der Waals surface area contributed by atoms with E-state index in [4.69, 9.17) is 4.98 Å². The Labute approximate surface area is 134 Å². The lowest BCUT2D eigenvalue weighted by molar-refractivity contribution is 0.538. The second-order valence-electron chi connectivity index (χ2n) is 5.80. The highest BCUT2D eigenvalue weighted by Gasteiger charge is 2.22. The molecular formula is C14H21N5S2. The van der Waals surface area contributed by atoms with E-state index in [1.54, 1.807) is 23.1 Å². The predicted molar refractivity (Wildman–Crippen MR) is 88.4 cm³/mol. The Hall–Kier alpha value is -1.21. The molecule has 0 aliphatic rings. The van der Waals surface area contributed by atoms with Crippen molar-refractivity contribution in [3.63, 3.8) is 0 Å². The third-order valence-corrected chi connectivity index (χ3v) is 4.79. The van der Waals surface area contributed by atoms with Crippen molar-refractivity contribution in [1.82, 2.24) is 20.2 Å². The van der Waals surface area contributed by atoms with Gasteiger partial charge in [0, 0.05) is 17.5 Å². The molecule has 1 N–H and O–H groups in total. The molecule has 0 aliphatic heterocycles. The SMILES string of the molecule is CCNc1nc(C(C)(C)C)nc(Sc2nnc(C)s2)c1C. The first-order valence-corrected chi connectivity index (χ1v) is 8.55. The van der Waals surface area contributed by atoms with Gasteiger partial charge in [-0.15, -0.1) is 10.2 Å². The van der Waals surface area contributed by atoms with Crippen LogP contribution in [0.2, 0.25) is 0 Å². The molecule has 0 radical (unpaired) electrons. The molecule has 2 rings (SSSR count). The van der Waals surface area contributed by atoms with Gasteiger partial charge in [-0.1, -0.05) is 32.1 Å². The van der Waals surface area contributed by atoms with Gasteiger partial charge in [-0.05, 0) is 32.5 Å². The number of aryl methyl sites for hydroxylation is 1. The molecule has 0 fully saturated rings. The Balaban J connectivity index is 2.45. The average molecular weight is 323 g/mol. The van der Waals surface area contributed by atoms with Crippen molar-refractivity contribution in [1.29, 1.82) is 0 Å². The van der Waals surface area contributed by atoms with Crippen LogP contribution in [0.25, 0.3) is 0 Å². The molecule has 0 unspecified atom stereocenters. The lowest BCUT2D eigenvalue weighted by Crippen LogP contribution is -2.18. The van der Waals surface area contributed by atoms with Crippen LogP contribution in [0.1, 0.15) is 44.1 Å². The second-order valence-corrected chi connectivity index (χ2v) is 8.21. The van der Waals surface area contributed by atoms with E-state index in [-0.39, 0.29) is 5.41 Å². The Kier molecular flexibility index (Phi) is 4.83. The van der Waals surface area contributed by atoms with E-state index in [9.17, 15) is 0 Å². The van der Waals surface area contributed by atoms with Gasteiger partial charge in [-0.2, -0.15) is 0 Å². The minimum Gasteiger partial charge on any atom is -0.370 e. The maximum absolute atomic E-state index is 4.74. The summed E-state index contributed by atoms with van der Waals surface area (Å²) >= 11 is 3.14. The van der Waals surface area contributed by atoms with Crippen LogP contribution in [0.15, 0.2) is 9.37 Å². The van der Waals surface area contributed by atoms with Gasteiger partial charge in [0.2, 0.25) is 0 Å². The molecule has 0 saturated carbocycles. The van der Waals surface area contributed by atoms with Crippen LogP contribution in [0.5, 0.6) is 0 Å². The fourth-order valence-electron chi connectivity index (χ4n) is 1.67. The van der Waals surface area contributed by atoms with Crippen LogP contribution in [-0.4, -0.2) is 26.7 Å².